The smallest absolute Gasteiger partial charge is 0.251 e. The summed E-state index contributed by atoms with van der Waals surface area (Å²) in [7, 11) is 3.99. The average molecular weight is 265 g/mol. The minimum absolute atomic E-state index is 0.119. The van der Waals surface area contributed by atoms with Crippen molar-refractivity contribution in [1.29, 1.82) is 0 Å². The van der Waals surface area contributed by atoms with Crippen molar-refractivity contribution in [2.45, 2.75) is 6.92 Å². The molecule has 0 fully saturated rings. The number of anilines is 1. The summed E-state index contributed by atoms with van der Waals surface area (Å²) in [6.45, 7) is 4.47. The van der Waals surface area contributed by atoms with Crippen LogP contribution in [0.25, 0.3) is 0 Å². The Morgan fingerprint density at radius 2 is 2.05 bits per heavy atom. The SMILES string of the molecule is Cc1cc(N)cc(C(=O)NCCOCCN(C)C)c1. The Kier molecular flexibility index (Phi) is 6.32. The number of rotatable bonds is 7. The molecule has 0 aliphatic carbocycles. The number of carbonyl (C=O) groups excluding carboxylic acids is 1. The van der Waals surface area contributed by atoms with Crippen molar-refractivity contribution in [2.75, 3.05) is 46.1 Å². The fourth-order valence-electron chi connectivity index (χ4n) is 1.63. The van der Waals surface area contributed by atoms with Gasteiger partial charge in [0.15, 0.2) is 0 Å². The molecule has 19 heavy (non-hydrogen) atoms. The van der Waals surface area contributed by atoms with Crippen molar-refractivity contribution in [3.63, 3.8) is 0 Å². The summed E-state index contributed by atoms with van der Waals surface area (Å²) in [5.74, 6) is -0.119. The number of carbonyl (C=O) groups is 1. The molecule has 0 spiro atoms. The van der Waals surface area contributed by atoms with E-state index in [0.29, 0.717) is 31.0 Å². The monoisotopic (exact) mass is 265 g/mol. The lowest BCUT2D eigenvalue weighted by Crippen LogP contribution is -2.28. The molecule has 0 aromatic heterocycles. The maximum absolute atomic E-state index is 11.9. The van der Waals surface area contributed by atoms with Crippen LogP contribution in [0.4, 0.5) is 5.69 Å². The molecule has 5 nitrogen and oxygen atoms in total. The largest absolute Gasteiger partial charge is 0.399 e. The van der Waals surface area contributed by atoms with E-state index in [4.69, 9.17) is 10.5 Å². The molecule has 1 aromatic carbocycles. The summed E-state index contributed by atoms with van der Waals surface area (Å²) in [6.07, 6.45) is 0. The van der Waals surface area contributed by atoms with Crippen molar-refractivity contribution in [3.8, 4) is 0 Å². The molecule has 0 unspecified atom stereocenters. The first-order valence-corrected chi connectivity index (χ1v) is 6.37. The van der Waals surface area contributed by atoms with Crippen molar-refractivity contribution in [3.05, 3.63) is 29.3 Å². The number of ether oxygens (including phenoxy) is 1. The normalized spacial score (nSPS) is 10.7. The Morgan fingerprint density at radius 1 is 1.32 bits per heavy atom. The van der Waals surface area contributed by atoms with Gasteiger partial charge in [-0.25, -0.2) is 0 Å². The molecule has 1 amide bonds. The van der Waals surface area contributed by atoms with Gasteiger partial charge in [-0.3, -0.25) is 4.79 Å². The third kappa shape index (κ3) is 6.22. The van der Waals surface area contributed by atoms with Gasteiger partial charge >= 0.3 is 0 Å². The molecular weight excluding hydrogens is 242 g/mol. The zero-order valence-corrected chi connectivity index (χ0v) is 11.9. The molecule has 0 aliphatic heterocycles. The van der Waals surface area contributed by atoms with Crippen LogP contribution in [-0.2, 0) is 4.74 Å². The van der Waals surface area contributed by atoms with Crippen molar-refractivity contribution < 1.29 is 9.53 Å². The first-order chi connectivity index (χ1) is 8.99. The summed E-state index contributed by atoms with van der Waals surface area (Å²) in [4.78, 5) is 13.9. The highest BCUT2D eigenvalue weighted by Crippen LogP contribution is 2.10. The number of nitrogens with zero attached hydrogens (tertiary/aromatic N) is 1. The number of nitrogen functional groups attached to an aromatic ring is 1. The molecule has 0 heterocycles. The zero-order valence-electron chi connectivity index (χ0n) is 11.9. The average Bonchev–Trinajstić information content (AvgIpc) is 2.31. The second-order valence-electron chi connectivity index (χ2n) is 4.80. The van der Waals surface area contributed by atoms with Crippen molar-refractivity contribution >= 4 is 11.6 Å². The van der Waals surface area contributed by atoms with Gasteiger partial charge in [-0.2, -0.15) is 0 Å². The van der Waals surface area contributed by atoms with E-state index < -0.39 is 0 Å². The number of hydrogen-bond acceptors (Lipinski definition) is 4. The molecule has 0 atom stereocenters. The van der Waals surface area contributed by atoms with Gasteiger partial charge in [0, 0.05) is 24.3 Å². The van der Waals surface area contributed by atoms with Crippen LogP contribution in [0.15, 0.2) is 18.2 Å². The number of nitrogens with two attached hydrogens (primary N) is 1. The van der Waals surface area contributed by atoms with Gasteiger partial charge < -0.3 is 20.7 Å². The van der Waals surface area contributed by atoms with E-state index in [9.17, 15) is 4.79 Å². The van der Waals surface area contributed by atoms with Crippen LogP contribution in [0, 0.1) is 6.92 Å². The predicted molar refractivity (Wildman–Crippen MR) is 77.3 cm³/mol. The first kappa shape index (κ1) is 15.5. The summed E-state index contributed by atoms with van der Waals surface area (Å²) < 4.78 is 5.40. The lowest BCUT2D eigenvalue weighted by Gasteiger charge is -2.10. The van der Waals surface area contributed by atoms with E-state index in [1.165, 1.54) is 0 Å². The van der Waals surface area contributed by atoms with Crippen LogP contribution >= 0.6 is 0 Å². The molecule has 1 aromatic rings. The molecule has 3 N–H and O–H groups in total. The highest BCUT2D eigenvalue weighted by atomic mass is 16.5. The van der Waals surface area contributed by atoms with Gasteiger partial charge in [0.25, 0.3) is 5.91 Å². The van der Waals surface area contributed by atoms with Crippen LogP contribution in [0.5, 0.6) is 0 Å². The van der Waals surface area contributed by atoms with E-state index in [2.05, 4.69) is 5.32 Å². The molecule has 0 saturated carbocycles. The summed E-state index contributed by atoms with van der Waals surface area (Å²) >= 11 is 0. The number of likely N-dealkylation sites (N-methyl/N-ethyl adjacent to an activating group) is 1. The van der Waals surface area contributed by atoms with Gasteiger partial charge in [-0.15, -0.1) is 0 Å². The number of aryl methyl sites for hydroxylation is 1. The van der Waals surface area contributed by atoms with E-state index in [-0.39, 0.29) is 5.91 Å². The van der Waals surface area contributed by atoms with Gasteiger partial charge in [0.2, 0.25) is 0 Å². The standard InChI is InChI=1S/C14H23N3O2/c1-11-8-12(10-13(15)9-11)14(18)16-4-6-19-7-5-17(2)3/h8-10H,4-7,15H2,1-3H3,(H,16,18). The molecule has 0 radical (unpaired) electrons. The minimum atomic E-state index is -0.119. The quantitative estimate of drug-likeness (QED) is 0.567. The Hall–Kier alpha value is -1.59. The lowest BCUT2D eigenvalue weighted by atomic mass is 10.1. The first-order valence-electron chi connectivity index (χ1n) is 6.37. The van der Waals surface area contributed by atoms with Gasteiger partial charge in [0.05, 0.1) is 13.2 Å². The molecule has 106 valence electrons. The molecule has 0 aliphatic rings. The Labute approximate surface area is 114 Å². The Balaban J connectivity index is 2.27. The van der Waals surface area contributed by atoms with E-state index in [0.717, 1.165) is 12.1 Å². The topological polar surface area (TPSA) is 67.6 Å². The number of nitrogens with one attached hydrogen (secondary N) is 1. The second-order valence-corrected chi connectivity index (χ2v) is 4.80. The third-order valence-electron chi connectivity index (χ3n) is 2.58. The van der Waals surface area contributed by atoms with E-state index in [1.807, 2.05) is 38.1 Å². The summed E-state index contributed by atoms with van der Waals surface area (Å²) in [5.41, 5.74) is 7.88. The summed E-state index contributed by atoms with van der Waals surface area (Å²) in [5, 5.41) is 2.81. The van der Waals surface area contributed by atoms with Crippen LogP contribution in [0.1, 0.15) is 15.9 Å². The van der Waals surface area contributed by atoms with Crippen LogP contribution in [0.2, 0.25) is 0 Å². The van der Waals surface area contributed by atoms with Gasteiger partial charge in [-0.1, -0.05) is 0 Å². The van der Waals surface area contributed by atoms with Gasteiger partial charge in [0.1, 0.15) is 0 Å². The molecule has 5 heteroatoms. The Morgan fingerprint density at radius 3 is 2.68 bits per heavy atom. The van der Waals surface area contributed by atoms with Crippen molar-refractivity contribution in [1.82, 2.24) is 10.2 Å². The van der Waals surface area contributed by atoms with E-state index >= 15 is 0 Å². The number of benzene rings is 1. The van der Waals surface area contributed by atoms with Gasteiger partial charge in [-0.05, 0) is 44.8 Å². The number of amides is 1. The maximum atomic E-state index is 11.9. The third-order valence-corrected chi connectivity index (χ3v) is 2.58. The highest BCUT2D eigenvalue weighted by Gasteiger charge is 2.06. The predicted octanol–water partition coefficient (Wildman–Crippen LogP) is 0.885. The fourth-order valence-corrected chi connectivity index (χ4v) is 1.63. The van der Waals surface area contributed by atoms with Crippen LogP contribution in [-0.4, -0.2) is 51.2 Å². The molecular formula is C14H23N3O2. The summed E-state index contributed by atoms with van der Waals surface area (Å²) in [6, 6.07) is 5.33. The highest BCUT2D eigenvalue weighted by molar-refractivity contribution is 5.95. The maximum Gasteiger partial charge on any atom is 0.251 e. The van der Waals surface area contributed by atoms with E-state index in [1.54, 1.807) is 6.07 Å². The number of hydrogen-bond donors (Lipinski definition) is 2. The lowest BCUT2D eigenvalue weighted by molar-refractivity contribution is 0.0900. The van der Waals surface area contributed by atoms with Crippen LogP contribution in [0.3, 0.4) is 0 Å². The van der Waals surface area contributed by atoms with Crippen molar-refractivity contribution in [2.24, 2.45) is 0 Å². The fraction of sp³-hybridized carbons (Fsp3) is 0.500. The minimum Gasteiger partial charge on any atom is -0.399 e. The zero-order chi connectivity index (χ0) is 14.3. The van der Waals surface area contributed by atoms with Crippen LogP contribution < -0.4 is 11.1 Å². The molecule has 0 bridgehead atoms. The molecule has 1 rings (SSSR count). The molecule has 0 saturated heterocycles. The second kappa shape index (κ2) is 7.76. The Bertz CT molecular complexity index is 399.